The molecule has 0 saturated heterocycles. The first-order valence-corrected chi connectivity index (χ1v) is 8.12. The number of carbonyl (C=O) groups is 1. The molecule has 2 rings (SSSR count). The molecule has 2 aliphatic carbocycles. The van der Waals surface area contributed by atoms with E-state index in [1.165, 1.54) is 19.3 Å². The van der Waals surface area contributed by atoms with Gasteiger partial charge in [-0.25, -0.2) is 0 Å². The van der Waals surface area contributed by atoms with E-state index in [0.29, 0.717) is 23.4 Å². The zero-order valence-electron chi connectivity index (χ0n) is 13.7. The molecule has 0 aromatic carbocycles. The van der Waals surface area contributed by atoms with Crippen LogP contribution in [0.25, 0.3) is 0 Å². The number of carboxylic acid groups (broad SMARTS) is 1. The molecule has 0 aliphatic heterocycles. The van der Waals surface area contributed by atoms with Crippen LogP contribution >= 0.6 is 0 Å². The van der Waals surface area contributed by atoms with Gasteiger partial charge in [0.05, 0.1) is 5.92 Å². The fraction of sp³-hybridized carbons (Fsp3) is 0.941. The highest BCUT2D eigenvalue weighted by atomic mass is 16.4. The lowest BCUT2D eigenvalue weighted by Gasteiger charge is -2.47. The van der Waals surface area contributed by atoms with Crippen LogP contribution in [-0.4, -0.2) is 23.2 Å². The van der Waals surface area contributed by atoms with Crippen LogP contribution in [-0.2, 0) is 4.79 Å². The summed E-state index contributed by atoms with van der Waals surface area (Å²) in [5.41, 5.74) is 0.338. The Morgan fingerprint density at radius 3 is 2.30 bits per heavy atom. The van der Waals surface area contributed by atoms with Crippen molar-refractivity contribution in [2.45, 2.75) is 78.8 Å². The second-order valence-corrected chi connectivity index (χ2v) is 8.46. The highest BCUT2D eigenvalue weighted by molar-refractivity contribution is 5.71. The summed E-state index contributed by atoms with van der Waals surface area (Å²) in [4.78, 5) is 11.4. The molecule has 20 heavy (non-hydrogen) atoms. The number of hydrogen-bond donors (Lipinski definition) is 2. The Morgan fingerprint density at radius 2 is 1.80 bits per heavy atom. The van der Waals surface area contributed by atoms with Gasteiger partial charge in [-0.3, -0.25) is 4.79 Å². The van der Waals surface area contributed by atoms with Crippen LogP contribution in [0.1, 0.15) is 66.7 Å². The maximum atomic E-state index is 11.4. The Hall–Kier alpha value is -0.570. The molecule has 0 amide bonds. The van der Waals surface area contributed by atoms with Crippen LogP contribution in [0.4, 0.5) is 0 Å². The monoisotopic (exact) mass is 281 g/mol. The van der Waals surface area contributed by atoms with Gasteiger partial charge >= 0.3 is 5.97 Å². The smallest absolute Gasteiger partial charge is 0.307 e. The molecule has 4 unspecified atom stereocenters. The third-order valence-corrected chi connectivity index (χ3v) is 6.16. The van der Waals surface area contributed by atoms with Crippen LogP contribution in [0, 0.1) is 22.7 Å². The average molecular weight is 281 g/mol. The van der Waals surface area contributed by atoms with Gasteiger partial charge in [0.2, 0.25) is 0 Å². The second kappa shape index (κ2) is 5.32. The molecule has 0 aromatic rings. The molecular formula is C17H31NO2. The normalized spacial score (nSPS) is 39.6. The summed E-state index contributed by atoms with van der Waals surface area (Å²) in [5, 5.41) is 13.3. The van der Waals surface area contributed by atoms with Crippen molar-refractivity contribution < 1.29 is 9.90 Å². The summed E-state index contributed by atoms with van der Waals surface area (Å²) < 4.78 is 0. The Kier molecular flexibility index (Phi) is 4.21. The molecule has 3 heteroatoms. The van der Waals surface area contributed by atoms with Gasteiger partial charge in [0.1, 0.15) is 0 Å². The summed E-state index contributed by atoms with van der Waals surface area (Å²) >= 11 is 0. The maximum Gasteiger partial charge on any atom is 0.307 e. The van der Waals surface area contributed by atoms with E-state index in [2.05, 4.69) is 39.9 Å². The van der Waals surface area contributed by atoms with Gasteiger partial charge in [0.25, 0.3) is 0 Å². The average Bonchev–Trinajstić information content (AvgIpc) is 2.64. The van der Waals surface area contributed by atoms with Crippen molar-refractivity contribution in [3.8, 4) is 0 Å². The first kappa shape index (κ1) is 15.8. The first-order valence-electron chi connectivity index (χ1n) is 8.12. The SMILES string of the molecule is CC1C(NC2CCC(C)(C)C2)CCC(C(=O)O)C1(C)C. The standard InChI is InChI=1S/C17H31NO2/c1-11-14(18-12-8-9-16(2,3)10-12)7-6-13(15(19)20)17(11,4)5/h11-14,18H,6-10H2,1-5H3,(H,19,20). The highest BCUT2D eigenvalue weighted by Gasteiger charge is 2.47. The third kappa shape index (κ3) is 3.03. The van der Waals surface area contributed by atoms with Crippen molar-refractivity contribution >= 4 is 5.97 Å². The molecule has 2 N–H and O–H groups in total. The van der Waals surface area contributed by atoms with E-state index in [4.69, 9.17) is 0 Å². The Balaban J connectivity index is 2.00. The van der Waals surface area contributed by atoms with Crippen molar-refractivity contribution in [2.75, 3.05) is 0 Å². The third-order valence-electron chi connectivity index (χ3n) is 6.16. The molecule has 0 radical (unpaired) electrons. The second-order valence-electron chi connectivity index (χ2n) is 8.46. The Bertz CT molecular complexity index is 375. The molecule has 2 fully saturated rings. The van der Waals surface area contributed by atoms with E-state index in [1.807, 2.05) is 0 Å². The van der Waals surface area contributed by atoms with Gasteiger partial charge in [-0.05, 0) is 48.9 Å². The van der Waals surface area contributed by atoms with Gasteiger partial charge in [-0.2, -0.15) is 0 Å². The van der Waals surface area contributed by atoms with Crippen LogP contribution in [0.2, 0.25) is 0 Å². The fourth-order valence-corrected chi connectivity index (χ4v) is 4.35. The molecule has 4 atom stereocenters. The number of aliphatic carboxylic acids is 1. The summed E-state index contributed by atoms with van der Waals surface area (Å²) in [6.07, 6.45) is 5.61. The maximum absolute atomic E-state index is 11.4. The summed E-state index contributed by atoms with van der Waals surface area (Å²) in [7, 11) is 0. The van der Waals surface area contributed by atoms with E-state index < -0.39 is 5.97 Å². The quantitative estimate of drug-likeness (QED) is 0.829. The van der Waals surface area contributed by atoms with E-state index in [9.17, 15) is 9.90 Å². The minimum atomic E-state index is -0.623. The minimum absolute atomic E-state index is 0.129. The molecule has 0 spiro atoms. The van der Waals surface area contributed by atoms with E-state index >= 15 is 0 Å². The van der Waals surface area contributed by atoms with E-state index in [-0.39, 0.29) is 11.3 Å². The lowest BCUT2D eigenvalue weighted by molar-refractivity contribution is -0.150. The molecule has 0 aromatic heterocycles. The van der Waals surface area contributed by atoms with E-state index in [1.54, 1.807) is 0 Å². The lowest BCUT2D eigenvalue weighted by Crippen LogP contribution is -2.53. The summed E-state index contributed by atoms with van der Waals surface area (Å²) in [5.74, 6) is -0.418. The first-order chi connectivity index (χ1) is 9.13. The molecule has 0 heterocycles. The van der Waals surface area contributed by atoms with Crippen LogP contribution < -0.4 is 5.32 Å². The molecule has 3 nitrogen and oxygen atoms in total. The van der Waals surface area contributed by atoms with Crippen LogP contribution in [0.5, 0.6) is 0 Å². The zero-order valence-corrected chi connectivity index (χ0v) is 13.7. The predicted octanol–water partition coefficient (Wildman–Crippen LogP) is 3.68. The number of nitrogens with one attached hydrogen (secondary N) is 1. The zero-order chi connectivity index (χ0) is 15.1. The molecule has 116 valence electrons. The van der Waals surface area contributed by atoms with Crippen molar-refractivity contribution in [1.82, 2.24) is 5.32 Å². The molecule has 2 aliphatic rings. The van der Waals surface area contributed by atoms with Crippen LogP contribution in [0.15, 0.2) is 0 Å². The number of rotatable bonds is 3. The summed E-state index contributed by atoms with van der Waals surface area (Å²) in [6.45, 7) is 11.2. The Labute approximate surface area is 123 Å². The summed E-state index contributed by atoms with van der Waals surface area (Å²) in [6, 6.07) is 1.09. The van der Waals surface area contributed by atoms with Gasteiger partial charge in [-0.15, -0.1) is 0 Å². The van der Waals surface area contributed by atoms with Gasteiger partial charge < -0.3 is 10.4 Å². The highest BCUT2D eigenvalue weighted by Crippen LogP contribution is 2.46. The number of carboxylic acids is 1. The predicted molar refractivity (Wildman–Crippen MR) is 81.6 cm³/mol. The van der Waals surface area contributed by atoms with E-state index in [0.717, 1.165) is 12.8 Å². The molecular weight excluding hydrogens is 250 g/mol. The van der Waals surface area contributed by atoms with Gasteiger partial charge in [-0.1, -0.05) is 34.6 Å². The fourth-order valence-electron chi connectivity index (χ4n) is 4.35. The van der Waals surface area contributed by atoms with Crippen molar-refractivity contribution in [2.24, 2.45) is 22.7 Å². The topological polar surface area (TPSA) is 49.3 Å². The lowest BCUT2D eigenvalue weighted by atomic mass is 9.61. The van der Waals surface area contributed by atoms with Crippen molar-refractivity contribution in [3.63, 3.8) is 0 Å². The largest absolute Gasteiger partial charge is 0.481 e. The molecule has 0 bridgehead atoms. The van der Waals surface area contributed by atoms with Gasteiger partial charge in [0.15, 0.2) is 0 Å². The Morgan fingerprint density at radius 1 is 1.15 bits per heavy atom. The van der Waals surface area contributed by atoms with Crippen LogP contribution in [0.3, 0.4) is 0 Å². The van der Waals surface area contributed by atoms with Crippen molar-refractivity contribution in [3.05, 3.63) is 0 Å². The minimum Gasteiger partial charge on any atom is -0.481 e. The van der Waals surface area contributed by atoms with Crippen molar-refractivity contribution in [1.29, 1.82) is 0 Å². The number of hydrogen-bond acceptors (Lipinski definition) is 2. The van der Waals surface area contributed by atoms with Gasteiger partial charge in [0, 0.05) is 12.1 Å². The molecule has 2 saturated carbocycles.